The average Bonchev–Trinajstić information content (AvgIpc) is 0. The quantitative estimate of drug-likeness (QED) is 0.432. The zero-order valence-electron chi connectivity index (χ0n) is 1.06. The van der Waals surface area contributed by atoms with Crippen LogP contribution < -0.4 is 0 Å². The molecule has 0 N–H and O–H groups in total. The Hall–Kier alpha value is 2.14. The minimum atomic E-state index is 0. The van der Waals surface area contributed by atoms with Crippen LogP contribution in [0.2, 0.25) is 0 Å². The van der Waals surface area contributed by atoms with Crippen LogP contribution in [0.25, 0.3) is 0 Å². The summed E-state index contributed by atoms with van der Waals surface area (Å²) in [4.78, 5) is 0. The summed E-state index contributed by atoms with van der Waals surface area (Å²) in [6, 6.07) is 0. The van der Waals surface area contributed by atoms with Crippen molar-refractivity contribution in [2.45, 2.75) is 0 Å². The molecule has 0 aliphatic rings. The van der Waals surface area contributed by atoms with Gasteiger partial charge in [-0.05, 0) is 0 Å². The molecule has 0 rings (SSSR count). The molecule has 2 radical (unpaired) electrons. The zero-order valence-corrected chi connectivity index (χ0v) is 4.39. The van der Waals surface area contributed by atoms with Crippen LogP contribution in [0.5, 0.6) is 0 Å². The van der Waals surface area contributed by atoms with E-state index in [4.69, 9.17) is 0 Å². The van der Waals surface area contributed by atoms with Gasteiger partial charge in [-0.25, -0.2) is 0 Å². The molecule has 4 heteroatoms. The summed E-state index contributed by atoms with van der Waals surface area (Å²) in [6.07, 6.45) is 0. The fraction of sp³-hybridized carbons (Fsp3) is 0. The Morgan fingerprint density at radius 1 is 1.00 bits per heavy atom. The van der Waals surface area contributed by atoms with Crippen molar-refractivity contribution >= 4 is 18.9 Å². The van der Waals surface area contributed by atoms with Gasteiger partial charge in [-0.3, -0.25) is 0 Å². The normalized spacial score (nSPS) is 0. The first kappa shape index (κ1) is 35.4. The summed E-state index contributed by atoms with van der Waals surface area (Å²) < 4.78 is 0. The number of hydrogen-bond donors (Lipinski definition) is 0. The van der Waals surface area contributed by atoms with Gasteiger partial charge in [0, 0.05) is 50.9 Å². The van der Waals surface area contributed by atoms with Gasteiger partial charge in [0.2, 0.25) is 0 Å². The van der Waals surface area contributed by atoms with Gasteiger partial charge in [-0.1, -0.05) is 0 Å². The Kier molecular flexibility index (Phi) is 170. The van der Waals surface area contributed by atoms with Crippen LogP contribution in [0, 0.1) is 0 Å². The molecule has 0 bridgehead atoms. The summed E-state index contributed by atoms with van der Waals surface area (Å²) in [5.41, 5.74) is 0. The van der Waals surface area contributed by atoms with Crippen LogP contribution in [-0.2, 0) is 50.9 Å². The van der Waals surface area contributed by atoms with Crippen molar-refractivity contribution in [2.24, 2.45) is 0 Å². The van der Waals surface area contributed by atoms with E-state index < -0.39 is 0 Å². The van der Waals surface area contributed by atoms with E-state index in [-0.39, 0.29) is 69.8 Å². The van der Waals surface area contributed by atoms with Crippen molar-refractivity contribution in [1.82, 2.24) is 0 Å². The smallest absolute Gasteiger partial charge is 0 e. The molecule has 0 aliphatic heterocycles. The molecule has 0 aliphatic carbocycles. The molecule has 26 valence electrons. The summed E-state index contributed by atoms with van der Waals surface area (Å²) >= 11 is 0. The number of rotatable bonds is 0. The molecule has 0 aromatic carbocycles. The minimum absolute atomic E-state index is 0. The third-order valence-corrected chi connectivity index (χ3v) is 0. The molecule has 0 saturated heterocycles. The predicted octanol–water partition coefficient (Wildman–Crippen LogP) is -0.656. The van der Waals surface area contributed by atoms with E-state index in [9.17, 15) is 0 Å². The molecule has 0 fully saturated rings. The van der Waals surface area contributed by atoms with Gasteiger partial charge in [-0.15, -0.1) is 0 Å². The van der Waals surface area contributed by atoms with Gasteiger partial charge in [0.05, 0.1) is 0 Å². The molecule has 0 aromatic rings. The topological polar surface area (TPSA) is 0 Å². The van der Waals surface area contributed by atoms with E-state index in [1.165, 1.54) is 0 Å². The monoisotopic (exact) mass is 178 g/mol. The second-order valence-corrected chi connectivity index (χ2v) is 0. The van der Waals surface area contributed by atoms with Crippen LogP contribution >= 0.6 is 0 Å². The van der Waals surface area contributed by atoms with Crippen molar-refractivity contribution in [1.29, 1.82) is 0 Å². The van der Waals surface area contributed by atoms with Crippen molar-refractivity contribution in [3.05, 3.63) is 0 Å². The maximum Gasteiger partial charge on any atom is 0 e. The van der Waals surface area contributed by atoms with E-state index in [1.807, 2.05) is 0 Å². The van der Waals surface area contributed by atoms with Crippen LogP contribution in [-0.4, -0.2) is 18.9 Å². The Balaban J connectivity index is 0. The number of hydrogen-bond acceptors (Lipinski definition) is 0. The Morgan fingerprint density at radius 3 is 1.00 bits per heavy atom. The molecular formula is HCoFeLiMn. The minimum Gasteiger partial charge on any atom is 0 e. The molecule has 0 atom stereocenters. The first-order chi connectivity index (χ1) is 0. The van der Waals surface area contributed by atoms with Gasteiger partial charge in [0.1, 0.15) is 0 Å². The first-order valence-electron chi connectivity index (χ1n) is 0. The van der Waals surface area contributed by atoms with E-state index in [1.54, 1.807) is 0 Å². The second-order valence-electron chi connectivity index (χ2n) is 0. The second kappa shape index (κ2) is 19.2. The van der Waals surface area contributed by atoms with Gasteiger partial charge in [0.25, 0.3) is 0 Å². The molecule has 0 nitrogen and oxygen atoms in total. The van der Waals surface area contributed by atoms with E-state index >= 15 is 0 Å². The molecular weight excluding hydrogens is 177 g/mol. The van der Waals surface area contributed by atoms with Gasteiger partial charge >= 0.3 is 18.9 Å². The molecule has 0 amide bonds. The summed E-state index contributed by atoms with van der Waals surface area (Å²) in [5, 5.41) is 0. The van der Waals surface area contributed by atoms with Gasteiger partial charge in [0.15, 0.2) is 0 Å². The maximum atomic E-state index is 0. The van der Waals surface area contributed by atoms with Crippen molar-refractivity contribution in [3.63, 3.8) is 0 Å². The summed E-state index contributed by atoms with van der Waals surface area (Å²) in [6.45, 7) is 0. The molecule has 0 heterocycles. The third-order valence-electron chi connectivity index (χ3n) is 0. The van der Waals surface area contributed by atoms with Gasteiger partial charge < -0.3 is 0 Å². The van der Waals surface area contributed by atoms with E-state index in [2.05, 4.69) is 0 Å². The Morgan fingerprint density at radius 2 is 1.00 bits per heavy atom. The van der Waals surface area contributed by atoms with Crippen molar-refractivity contribution < 1.29 is 50.9 Å². The Labute approximate surface area is 69.2 Å². The van der Waals surface area contributed by atoms with E-state index in [0.29, 0.717) is 0 Å². The molecule has 0 saturated carbocycles. The largest absolute Gasteiger partial charge is 0 e. The zero-order chi connectivity index (χ0) is 0. The maximum absolute atomic E-state index is 0. The molecule has 0 unspecified atom stereocenters. The fourth-order valence-electron chi connectivity index (χ4n) is 0. The van der Waals surface area contributed by atoms with Crippen molar-refractivity contribution in [3.8, 4) is 0 Å². The molecule has 0 spiro atoms. The van der Waals surface area contributed by atoms with Gasteiger partial charge in [-0.2, -0.15) is 0 Å². The van der Waals surface area contributed by atoms with Crippen LogP contribution in [0.4, 0.5) is 0 Å². The standard InChI is InChI=1S/Co.Fe.Li.Mn.H. The third kappa shape index (κ3) is 8.91. The average molecular weight is 178 g/mol. The Bertz CT molecular complexity index is 8.00. The summed E-state index contributed by atoms with van der Waals surface area (Å²) in [7, 11) is 0. The SMILES string of the molecule is [Co].[Fe].[LiH].[Mn]. The van der Waals surface area contributed by atoms with Crippen molar-refractivity contribution in [2.75, 3.05) is 0 Å². The van der Waals surface area contributed by atoms with Crippen LogP contribution in [0.1, 0.15) is 0 Å². The molecule has 4 heavy (non-hydrogen) atoms. The van der Waals surface area contributed by atoms with E-state index in [0.717, 1.165) is 0 Å². The van der Waals surface area contributed by atoms with Crippen LogP contribution in [0.15, 0.2) is 0 Å². The van der Waals surface area contributed by atoms with Crippen LogP contribution in [0.3, 0.4) is 0 Å². The first-order valence-corrected chi connectivity index (χ1v) is 0. The predicted molar refractivity (Wildman–Crippen MR) is 7.15 cm³/mol. The summed E-state index contributed by atoms with van der Waals surface area (Å²) in [5.74, 6) is 0. The molecule has 0 aromatic heterocycles. The fourth-order valence-corrected chi connectivity index (χ4v) is 0.